The first-order chi connectivity index (χ1) is 12.1. The molecule has 0 radical (unpaired) electrons. The van der Waals surface area contributed by atoms with E-state index in [1.54, 1.807) is 18.6 Å². The van der Waals surface area contributed by atoms with Gasteiger partial charge in [0.05, 0.1) is 13.7 Å². The van der Waals surface area contributed by atoms with Crippen molar-refractivity contribution < 1.29 is 14.3 Å². The van der Waals surface area contributed by atoms with Crippen LogP contribution in [0.3, 0.4) is 0 Å². The summed E-state index contributed by atoms with van der Waals surface area (Å²) in [5, 5.41) is 0. The second kappa shape index (κ2) is 6.93. The zero-order valence-corrected chi connectivity index (χ0v) is 14.3. The average Bonchev–Trinajstić information content (AvgIpc) is 2.62. The number of ether oxygens (including phenoxy) is 2. The van der Waals surface area contributed by atoms with Crippen LogP contribution in [0.4, 0.5) is 0 Å². The van der Waals surface area contributed by atoms with Crippen molar-refractivity contribution in [2.24, 2.45) is 0 Å². The van der Waals surface area contributed by atoms with Gasteiger partial charge in [0.2, 0.25) is 0 Å². The molecule has 0 saturated heterocycles. The van der Waals surface area contributed by atoms with E-state index in [1.165, 1.54) is 6.20 Å². The number of benzene rings is 1. The highest BCUT2D eigenvalue weighted by Gasteiger charge is 2.28. The van der Waals surface area contributed by atoms with Crippen LogP contribution in [0, 0.1) is 0 Å². The lowest BCUT2D eigenvalue weighted by molar-refractivity contribution is 0.0523. The van der Waals surface area contributed by atoms with E-state index < -0.39 is 5.97 Å². The third kappa shape index (κ3) is 2.95. The van der Waals surface area contributed by atoms with Crippen molar-refractivity contribution in [1.82, 2.24) is 9.55 Å². The number of carbonyl (C=O) groups is 1. The highest BCUT2D eigenvalue weighted by Crippen LogP contribution is 2.38. The van der Waals surface area contributed by atoms with E-state index in [-0.39, 0.29) is 23.6 Å². The number of esters is 1. The van der Waals surface area contributed by atoms with E-state index in [0.29, 0.717) is 18.1 Å². The Balaban J connectivity index is 2.19. The number of nitrogens with zero attached hydrogens (tertiary/aromatic N) is 2. The normalized spacial score (nSPS) is 15.0. The maximum atomic E-state index is 12.8. The van der Waals surface area contributed by atoms with E-state index in [1.807, 2.05) is 24.3 Å². The van der Waals surface area contributed by atoms with Gasteiger partial charge in [-0.25, -0.2) is 9.78 Å². The van der Waals surface area contributed by atoms with Gasteiger partial charge in [0.1, 0.15) is 17.1 Å². The molecule has 25 heavy (non-hydrogen) atoms. The van der Waals surface area contributed by atoms with Gasteiger partial charge in [-0.1, -0.05) is 12.1 Å². The Morgan fingerprint density at radius 2 is 2.28 bits per heavy atom. The number of hydrogen-bond acceptors (Lipinski definition) is 5. The van der Waals surface area contributed by atoms with Crippen molar-refractivity contribution in [3.63, 3.8) is 0 Å². The van der Waals surface area contributed by atoms with E-state index in [0.717, 1.165) is 17.5 Å². The second-order valence-electron chi connectivity index (χ2n) is 5.81. The molecule has 1 aromatic carbocycles. The summed E-state index contributed by atoms with van der Waals surface area (Å²) in [6, 6.07) is 5.76. The van der Waals surface area contributed by atoms with E-state index >= 15 is 0 Å². The first-order valence-electron chi connectivity index (χ1n) is 8.16. The van der Waals surface area contributed by atoms with Crippen LogP contribution >= 0.6 is 0 Å². The topological polar surface area (TPSA) is 70.4 Å². The molecule has 0 amide bonds. The molecule has 2 aromatic rings. The Bertz CT molecular complexity index is 885. The number of allylic oxidation sites excluding steroid dienone is 1. The minimum atomic E-state index is -0.646. The fourth-order valence-corrected chi connectivity index (χ4v) is 3.16. The zero-order valence-electron chi connectivity index (χ0n) is 14.3. The second-order valence-corrected chi connectivity index (χ2v) is 5.81. The largest absolute Gasteiger partial charge is 0.497 e. The summed E-state index contributed by atoms with van der Waals surface area (Å²) in [5.41, 5.74) is 1.50. The fourth-order valence-electron chi connectivity index (χ4n) is 3.16. The molecule has 0 saturated carbocycles. The number of carbonyl (C=O) groups excluding carboxylic acids is 1. The Labute approximate surface area is 145 Å². The summed E-state index contributed by atoms with van der Waals surface area (Å²) >= 11 is 0. The zero-order chi connectivity index (χ0) is 18.0. The van der Waals surface area contributed by atoms with Crippen LogP contribution in [-0.2, 0) is 11.3 Å². The van der Waals surface area contributed by atoms with Gasteiger partial charge in [0, 0.05) is 24.2 Å². The van der Waals surface area contributed by atoms with Gasteiger partial charge in [0.15, 0.2) is 0 Å². The summed E-state index contributed by atoms with van der Waals surface area (Å²) in [5.74, 6) is 0.662. The van der Waals surface area contributed by atoms with E-state index in [9.17, 15) is 9.59 Å². The van der Waals surface area contributed by atoms with Crippen LogP contribution in [0.2, 0.25) is 0 Å². The predicted molar refractivity (Wildman–Crippen MR) is 94.0 cm³/mol. The van der Waals surface area contributed by atoms with Crippen molar-refractivity contribution in [3.8, 4) is 17.1 Å². The summed E-state index contributed by atoms with van der Waals surface area (Å²) in [4.78, 5) is 29.2. The lowest BCUT2D eigenvalue weighted by atomic mass is 9.88. The molecule has 6 nitrogen and oxygen atoms in total. The van der Waals surface area contributed by atoms with Crippen molar-refractivity contribution in [2.45, 2.75) is 25.8 Å². The van der Waals surface area contributed by atoms with Gasteiger partial charge in [-0.15, -0.1) is 6.58 Å². The summed E-state index contributed by atoms with van der Waals surface area (Å²) in [6.07, 6.45) is 3.84. The fraction of sp³-hybridized carbons (Fsp3) is 0.316. The van der Waals surface area contributed by atoms with Crippen molar-refractivity contribution in [2.75, 3.05) is 13.7 Å². The summed E-state index contributed by atoms with van der Waals surface area (Å²) in [7, 11) is 1.59. The van der Waals surface area contributed by atoms with E-state index in [2.05, 4.69) is 11.6 Å². The predicted octanol–water partition coefficient (Wildman–Crippen LogP) is 2.77. The molecule has 1 aliphatic rings. The highest BCUT2D eigenvalue weighted by molar-refractivity contribution is 5.89. The summed E-state index contributed by atoms with van der Waals surface area (Å²) in [6.45, 7) is 6.16. The van der Waals surface area contributed by atoms with Crippen LogP contribution in [0.5, 0.6) is 5.75 Å². The van der Waals surface area contributed by atoms with Gasteiger partial charge < -0.3 is 9.47 Å². The number of methoxy groups -OCH3 is 1. The molecule has 6 heteroatoms. The van der Waals surface area contributed by atoms with Gasteiger partial charge in [-0.3, -0.25) is 9.36 Å². The quantitative estimate of drug-likeness (QED) is 0.618. The molecule has 0 aliphatic carbocycles. The number of aromatic nitrogens is 2. The number of rotatable bonds is 5. The Hall–Kier alpha value is -2.89. The first-order valence-corrected chi connectivity index (χ1v) is 8.16. The standard InChI is InChI=1S/C19H20N2O4/c1-4-6-12-11-21-17(15-9-13(24-3)7-8-14(12)15)20-10-16(18(21)22)19(23)25-5-2/h4,7-10,12H,1,5-6,11H2,2-3H3. The van der Waals surface area contributed by atoms with Gasteiger partial charge in [-0.2, -0.15) is 0 Å². The van der Waals surface area contributed by atoms with Crippen LogP contribution in [0.1, 0.15) is 35.2 Å². The number of hydrogen-bond donors (Lipinski definition) is 0. The molecule has 1 aliphatic heterocycles. The van der Waals surface area contributed by atoms with Crippen molar-refractivity contribution in [3.05, 3.63) is 58.5 Å². The van der Waals surface area contributed by atoms with Crippen LogP contribution in [0.25, 0.3) is 11.4 Å². The molecular weight excluding hydrogens is 320 g/mol. The third-order valence-electron chi connectivity index (χ3n) is 4.34. The Kier molecular flexibility index (Phi) is 4.70. The lowest BCUT2D eigenvalue weighted by Gasteiger charge is -2.28. The molecule has 3 rings (SSSR count). The SMILES string of the molecule is C=CCC1Cn2c(ncc(C(=O)OCC)c2=O)-c2cc(OC)ccc21. The van der Waals surface area contributed by atoms with Gasteiger partial charge in [-0.05, 0) is 31.0 Å². The minimum absolute atomic E-state index is 0.0469. The van der Waals surface area contributed by atoms with Crippen molar-refractivity contribution in [1.29, 1.82) is 0 Å². The lowest BCUT2D eigenvalue weighted by Crippen LogP contribution is -2.33. The summed E-state index contributed by atoms with van der Waals surface area (Å²) < 4.78 is 11.8. The van der Waals surface area contributed by atoms with Crippen LogP contribution in [0.15, 0.2) is 41.8 Å². The molecule has 0 fully saturated rings. The molecule has 0 spiro atoms. The highest BCUT2D eigenvalue weighted by atomic mass is 16.5. The minimum Gasteiger partial charge on any atom is -0.497 e. The average molecular weight is 340 g/mol. The molecule has 0 bridgehead atoms. The Morgan fingerprint density at radius 3 is 2.96 bits per heavy atom. The van der Waals surface area contributed by atoms with E-state index in [4.69, 9.17) is 9.47 Å². The third-order valence-corrected chi connectivity index (χ3v) is 4.34. The molecule has 0 N–H and O–H groups in total. The molecule has 2 heterocycles. The molecular formula is C19H20N2O4. The van der Waals surface area contributed by atoms with Crippen LogP contribution < -0.4 is 10.3 Å². The number of fused-ring (bicyclic) bond motifs is 3. The monoisotopic (exact) mass is 340 g/mol. The molecule has 1 unspecified atom stereocenters. The van der Waals surface area contributed by atoms with Crippen molar-refractivity contribution >= 4 is 5.97 Å². The Morgan fingerprint density at radius 1 is 1.48 bits per heavy atom. The van der Waals surface area contributed by atoms with Gasteiger partial charge in [0.25, 0.3) is 5.56 Å². The maximum Gasteiger partial charge on any atom is 0.345 e. The smallest absolute Gasteiger partial charge is 0.345 e. The van der Waals surface area contributed by atoms with Gasteiger partial charge >= 0.3 is 5.97 Å². The molecule has 130 valence electrons. The maximum absolute atomic E-state index is 12.8. The molecule has 1 aromatic heterocycles. The first kappa shape index (κ1) is 17.0. The molecule has 1 atom stereocenters. The van der Waals surface area contributed by atoms with Crippen LogP contribution in [-0.4, -0.2) is 29.2 Å².